The summed E-state index contributed by atoms with van der Waals surface area (Å²) in [5.74, 6) is -0.403. The molecule has 1 amide bonds. The molecule has 140 valence electrons. The second-order valence-corrected chi connectivity index (χ2v) is 7.88. The van der Waals surface area contributed by atoms with Crippen molar-refractivity contribution in [3.63, 3.8) is 0 Å². The standard InChI is InChI=1S/C20H16Cl3NO3/c21-12-3-1-11(2-4-12)13-5-6-14(22)15(17(13)23)16-18(25)20(24-19(16)26)7-9-27-10-8-20/h1-6,25H,7-10H2,(H,24,26). The fraction of sp³-hybridized carbons (Fsp3) is 0.250. The molecule has 4 nitrogen and oxygen atoms in total. The minimum absolute atomic E-state index is 0.0205. The van der Waals surface area contributed by atoms with E-state index in [4.69, 9.17) is 39.5 Å². The molecule has 0 aliphatic carbocycles. The third kappa shape index (κ3) is 3.11. The van der Waals surface area contributed by atoms with Gasteiger partial charge >= 0.3 is 0 Å². The molecule has 0 unspecified atom stereocenters. The van der Waals surface area contributed by atoms with Gasteiger partial charge in [-0.15, -0.1) is 0 Å². The molecular weight excluding hydrogens is 409 g/mol. The number of aliphatic hydroxyl groups excluding tert-OH is 1. The summed E-state index contributed by atoms with van der Waals surface area (Å²) in [4.78, 5) is 12.8. The highest BCUT2D eigenvalue weighted by atomic mass is 35.5. The van der Waals surface area contributed by atoms with Crippen LogP contribution in [0.2, 0.25) is 15.1 Å². The van der Waals surface area contributed by atoms with E-state index in [1.54, 1.807) is 24.3 Å². The lowest BCUT2D eigenvalue weighted by Gasteiger charge is -2.33. The van der Waals surface area contributed by atoms with Gasteiger partial charge < -0.3 is 15.2 Å². The van der Waals surface area contributed by atoms with Crippen LogP contribution in [0.1, 0.15) is 18.4 Å². The van der Waals surface area contributed by atoms with Crippen LogP contribution in [0.25, 0.3) is 16.7 Å². The molecule has 2 heterocycles. The van der Waals surface area contributed by atoms with Crippen LogP contribution in [-0.4, -0.2) is 29.8 Å². The van der Waals surface area contributed by atoms with Gasteiger partial charge in [0.1, 0.15) is 11.3 Å². The van der Waals surface area contributed by atoms with Crippen molar-refractivity contribution in [2.75, 3.05) is 13.2 Å². The zero-order chi connectivity index (χ0) is 19.2. The van der Waals surface area contributed by atoms with Crippen LogP contribution in [0, 0.1) is 0 Å². The van der Waals surface area contributed by atoms with Crippen LogP contribution < -0.4 is 5.32 Å². The highest BCUT2D eigenvalue weighted by Crippen LogP contribution is 2.45. The number of amides is 1. The number of halogens is 3. The number of hydrogen-bond donors (Lipinski definition) is 2. The minimum atomic E-state index is -0.812. The number of nitrogens with one attached hydrogen (secondary N) is 1. The van der Waals surface area contributed by atoms with E-state index in [1.165, 1.54) is 0 Å². The lowest BCUT2D eigenvalue weighted by atomic mass is 9.87. The van der Waals surface area contributed by atoms with Gasteiger partial charge in [-0.25, -0.2) is 0 Å². The predicted octanol–water partition coefficient (Wildman–Crippen LogP) is 5.26. The minimum Gasteiger partial charge on any atom is -0.509 e. The van der Waals surface area contributed by atoms with E-state index in [9.17, 15) is 9.90 Å². The first kappa shape index (κ1) is 18.6. The molecule has 1 fully saturated rings. The summed E-state index contributed by atoms with van der Waals surface area (Å²) >= 11 is 19.0. The summed E-state index contributed by atoms with van der Waals surface area (Å²) in [5, 5.41) is 15.1. The number of aliphatic hydroxyl groups is 1. The maximum absolute atomic E-state index is 12.8. The Balaban J connectivity index is 1.87. The Labute approximate surface area is 171 Å². The summed E-state index contributed by atoms with van der Waals surface area (Å²) in [6, 6.07) is 10.7. The molecule has 7 heteroatoms. The van der Waals surface area contributed by atoms with Crippen LogP contribution in [0.3, 0.4) is 0 Å². The van der Waals surface area contributed by atoms with Gasteiger partial charge in [0.25, 0.3) is 5.91 Å². The molecule has 0 atom stereocenters. The van der Waals surface area contributed by atoms with Crippen LogP contribution >= 0.6 is 34.8 Å². The van der Waals surface area contributed by atoms with E-state index in [0.29, 0.717) is 52.3 Å². The molecule has 0 aromatic heterocycles. The third-order valence-electron chi connectivity index (χ3n) is 5.11. The van der Waals surface area contributed by atoms with Gasteiger partial charge in [-0.1, -0.05) is 53.0 Å². The summed E-state index contributed by atoms with van der Waals surface area (Å²) in [7, 11) is 0. The first-order chi connectivity index (χ1) is 12.9. The van der Waals surface area contributed by atoms with Crippen molar-refractivity contribution in [1.29, 1.82) is 0 Å². The van der Waals surface area contributed by atoms with Crippen LogP contribution in [0.15, 0.2) is 42.2 Å². The number of hydrogen-bond acceptors (Lipinski definition) is 3. The zero-order valence-electron chi connectivity index (χ0n) is 14.2. The smallest absolute Gasteiger partial charge is 0.256 e. The Bertz CT molecular complexity index is 948. The summed E-state index contributed by atoms with van der Waals surface area (Å²) < 4.78 is 5.37. The molecule has 2 aliphatic heterocycles. The number of carbonyl (C=O) groups excluding carboxylic acids is 1. The van der Waals surface area contributed by atoms with E-state index >= 15 is 0 Å². The summed E-state index contributed by atoms with van der Waals surface area (Å²) in [6.45, 7) is 0.924. The largest absolute Gasteiger partial charge is 0.509 e. The Morgan fingerprint density at radius 3 is 2.33 bits per heavy atom. The highest BCUT2D eigenvalue weighted by molar-refractivity contribution is 6.42. The van der Waals surface area contributed by atoms with E-state index in [1.807, 2.05) is 12.1 Å². The third-order valence-corrected chi connectivity index (χ3v) is 6.07. The maximum atomic E-state index is 12.8. The predicted molar refractivity (Wildman–Crippen MR) is 107 cm³/mol. The van der Waals surface area contributed by atoms with Crippen molar-refractivity contribution in [2.45, 2.75) is 18.4 Å². The van der Waals surface area contributed by atoms with E-state index in [0.717, 1.165) is 5.56 Å². The van der Waals surface area contributed by atoms with Crippen LogP contribution in [0.4, 0.5) is 0 Å². The van der Waals surface area contributed by atoms with Gasteiger partial charge in [0.15, 0.2) is 0 Å². The van der Waals surface area contributed by atoms with Crippen molar-refractivity contribution in [3.05, 3.63) is 62.8 Å². The molecule has 1 saturated heterocycles. The molecule has 27 heavy (non-hydrogen) atoms. The normalized spacial score (nSPS) is 18.9. The fourth-order valence-corrected chi connectivity index (χ4v) is 4.43. The molecule has 2 aromatic rings. The quantitative estimate of drug-likeness (QED) is 0.691. The molecule has 2 N–H and O–H groups in total. The molecule has 2 aromatic carbocycles. The molecule has 4 rings (SSSR count). The highest BCUT2D eigenvalue weighted by Gasteiger charge is 2.47. The topological polar surface area (TPSA) is 58.6 Å². The number of benzene rings is 2. The first-order valence-corrected chi connectivity index (χ1v) is 9.65. The second-order valence-electron chi connectivity index (χ2n) is 6.66. The van der Waals surface area contributed by atoms with Crippen molar-refractivity contribution in [1.82, 2.24) is 5.32 Å². The lowest BCUT2D eigenvalue weighted by Crippen LogP contribution is -2.48. The summed E-state index contributed by atoms with van der Waals surface area (Å²) in [5.41, 5.74) is 1.19. The average molecular weight is 425 g/mol. The Kier molecular flexibility index (Phi) is 4.85. The Morgan fingerprint density at radius 2 is 1.67 bits per heavy atom. The van der Waals surface area contributed by atoms with Crippen molar-refractivity contribution in [3.8, 4) is 11.1 Å². The molecular formula is C20H16Cl3NO3. The monoisotopic (exact) mass is 423 g/mol. The van der Waals surface area contributed by atoms with Crippen molar-refractivity contribution in [2.24, 2.45) is 0 Å². The average Bonchev–Trinajstić information content (AvgIpc) is 2.88. The summed E-state index contributed by atoms with van der Waals surface area (Å²) in [6.07, 6.45) is 1.00. The molecule has 0 saturated carbocycles. The first-order valence-electron chi connectivity index (χ1n) is 8.51. The fourth-order valence-electron chi connectivity index (χ4n) is 3.63. The van der Waals surface area contributed by atoms with Crippen LogP contribution in [-0.2, 0) is 9.53 Å². The number of rotatable bonds is 2. The second kappa shape index (κ2) is 7.02. The lowest BCUT2D eigenvalue weighted by molar-refractivity contribution is -0.117. The van der Waals surface area contributed by atoms with Crippen molar-refractivity contribution >= 4 is 46.3 Å². The SMILES string of the molecule is O=C1NC2(CCOCC2)C(O)=C1c1c(Cl)ccc(-c2ccc(Cl)cc2)c1Cl. The molecule has 0 radical (unpaired) electrons. The molecule has 1 spiro atoms. The molecule has 2 aliphatic rings. The van der Waals surface area contributed by atoms with Crippen molar-refractivity contribution < 1.29 is 14.6 Å². The Hall–Kier alpha value is -1.72. The van der Waals surface area contributed by atoms with E-state index in [-0.39, 0.29) is 17.2 Å². The van der Waals surface area contributed by atoms with Gasteiger partial charge in [0.05, 0.1) is 15.6 Å². The van der Waals surface area contributed by atoms with Gasteiger partial charge in [0.2, 0.25) is 0 Å². The molecule has 0 bridgehead atoms. The van der Waals surface area contributed by atoms with Gasteiger partial charge in [-0.3, -0.25) is 4.79 Å². The van der Waals surface area contributed by atoms with Gasteiger partial charge in [0, 0.05) is 42.2 Å². The zero-order valence-corrected chi connectivity index (χ0v) is 16.5. The Morgan fingerprint density at radius 1 is 1.00 bits per heavy atom. The van der Waals surface area contributed by atoms with Crippen LogP contribution in [0.5, 0.6) is 0 Å². The number of ether oxygens (including phenoxy) is 1. The van der Waals surface area contributed by atoms with Gasteiger partial charge in [-0.05, 0) is 23.8 Å². The number of carbonyl (C=O) groups is 1. The van der Waals surface area contributed by atoms with E-state index in [2.05, 4.69) is 5.32 Å². The van der Waals surface area contributed by atoms with E-state index < -0.39 is 5.54 Å². The maximum Gasteiger partial charge on any atom is 0.256 e. The van der Waals surface area contributed by atoms with Gasteiger partial charge in [-0.2, -0.15) is 0 Å².